The maximum absolute atomic E-state index is 13.4. The minimum absolute atomic E-state index is 0.00711. The molecule has 1 aromatic heterocycles. The van der Waals surface area contributed by atoms with E-state index in [1.807, 2.05) is 69.1 Å². The molecule has 7 rings (SSSR count). The highest BCUT2D eigenvalue weighted by molar-refractivity contribution is 6.31. The first kappa shape index (κ1) is 41.6. The summed E-state index contributed by atoms with van der Waals surface area (Å²) in [6, 6.07) is 16.1. The number of phenols is 2. The zero-order valence-electron chi connectivity index (χ0n) is 34.4. The predicted molar refractivity (Wildman–Crippen MR) is 227 cm³/mol. The summed E-state index contributed by atoms with van der Waals surface area (Å²) >= 11 is 0. The van der Waals surface area contributed by atoms with E-state index in [1.165, 1.54) is 6.07 Å². The third-order valence-corrected chi connectivity index (χ3v) is 11.4. The van der Waals surface area contributed by atoms with E-state index in [4.69, 9.17) is 25.6 Å². The number of pyridine rings is 1. The lowest BCUT2D eigenvalue weighted by atomic mass is 9.90. The topological polar surface area (TPSA) is 203 Å². The maximum atomic E-state index is 13.4. The molecule has 1 fully saturated rings. The van der Waals surface area contributed by atoms with Gasteiger partial charge >= 0.3 is 12.1 Å². The van der Waals surface area contributed by atoms with Crippen molar-refractivity contribution in [1.82, 2.24) is 19.7 Å². The number of fused-ring (bicyclic) bond motifs is 2. The maximum Gasteiger partial charge on any atom is 0.415 e. The van der Waals surface area contributed by atoms with Crippen LogP contribution in [0.1, 0.15) is 72.7 Å². The molecule has 1 amide bonds. The van der Waals surface area contributed by atoms with Crippen LogP contribution in [-0.4, -0.2) is 105 Å². The number of nitrogens with one attached hydrogen (secondary N) is 1. The number of esters is 1. The fourth-order valence-corrected chi connectivity index (χ4v) is 8.16. The quantitative estimate of drug-likeness (QED) is 0.0754. The summed E-state index contributed by atoms with van der Waals surface area (Å²) < 4.78 is 10.8. The Hall–Kier alpha value is -6.51. The number of benzene rings is 3. The molecule has 3 aliphatic heterocycles. The number of carbonyl (C=O) groups is 3. The van der Waals surface area contributed by atoms with Gasteiger partial charge in [0.15, 0.2) is 6.10 Å². The number of nitrogens with two attached hydrogens (primary N) is 1. The minimum Gasteiger partial charge on any atom is -0.508 e. The van der Waals surface area contributed by atoms with Gasteiger partial charge in [-0.3, -0.25) is 15.1 Å². The number of cyclic esters (lactones) is 1. The summed E-state index contributed by atoms with van der Waals surface area (Å²) in [4.78, 5) is 48.1. The fourth-order valence-electron chi connectivity index (χ4n) is 8.16. The van der Waals surface area contributed by atoms with Crippen molar-refractivity contribution in [3.63, 3.8) is 0 Å². The van der Waals surface area contributed by atoms with Gasteiger partial charge in [-0.25, -0.2) is 14.6 Å². The molecular formula is C46H50N6O8. The van der Waals surface area contributed by atoms with Gasteiger partial charge in [0.05, 0.1) is 22.6 Å². The van der Waals surface area contributed by atoms with Gasteiger partial charge in [0.2, 0.25) is 0 Å². The van der Waals surface area contributed by atoms with E-state index in [2.05, 4.69) is 4.90 Å². The second-order valence-corrected chi connectivity index (χ2v) is 15.8. The number of amides is 1. The predicted octanol–water partition coefficient (Wildman–Crippen LogP) is 5.61. The Morgan fingerprint density at radius 1 is 1.07 bits per heavy atom. The number of piperazine rings is 1. The Morgan fingerprint density at radius 3 is 2.43 bits per heavy atom. The molecule has 3 aromatic carbocycles. The van der Waals surface area contributed by atoms with Crippen LogP contribution in [0.5, 0.6) is 17.2 Å². The highest BCUT2D eigenvalue weighted by Gasteiger charge is 2.33. The molecule has 1 saturated heterocycles. The lowest BCUT2D eigenvalue weighted by molar-refractivity contribution is -0.151. The standard InChI is InChI=1S/C46H50N6O8/c1-6-31-34-17-30(11-12-37(34)49-43-36(31)22-50(5)38(43)19-33-29(23-53)24-59-45(57)44(33)56)60-46(58)52-15-13-51(14-16-52)21-27-7-9-28(10-8-27)41(26(4)47)42(48)35-18-32(25(2)3)39(54)20-40(35)55/h7-12,17-20,23,25,44,48,54-56H,6,13-16,21-22,24,47H2,1-5H3/b38-19-,41-26-,48-42?. The molecule has 14 heteroatoms. The molecule has 0 spiro atoms. The fraction of sp³-hybridized carbons (Fsp3) is 0.326. The lowest BCUT2D eigenvalue weighted by Gasteiger charge is -2.34. The molecule has 4 aromatic rings. The van der Waals surface area contributed by atoms with E-state index in [0.717, 1.165) is 27.6 Å². The van der Waals surface area contributed by atoms with Crippen molar-refractivity contribution in [1.29, 1.82) is 5.41 Å². The number of hydrogen-bond acceptors (Lipinski definition) is 13. The van der Waals surface area contributed by atoms with E-state index in [9.17, 15) is 29.7 Å². The van der Waals surface area contributed by atoms with Crippen LogP contribution in [0.4, 0.5) is 4.79 Å². The van der Waals surface area contributed by atoms with Crippen molar-refractivity contribution < 1.29 is 39.2 Å². The summed E-state index contributed by atoms with van der Waals surface area (Å²) in [7, 11) is 1.89. The SMILES string of the molecule is CCc1c2c(nc3ccc(OC(=O)N4CCN(Cc5ccc(/C(C(=N)c6cc(C(C)C)c(O)cc6O)=C(\C)N)cc5)CC4)cc13)/C(=C/C1=C(C=O)COC(=O)C1O)N(C)C2. The van der Waals surface area contributed by atoms with Gasteiger partial charge in [-0.05, 0) is 71.9 Å². The van der Waals surface area contributed by atoms with Crippen LogP contribution < -0.4 is 10.5 Å². The number of phenolic OH excluding ortho intramolecular Hbond substituents is 2. The normalized spacial score (nSPS) is 18.2. The number of aryl methyl sites for hydroxylation is 1. The Kier molecular flexibility index (Phi) is 11.8. The van der Waals surface area contributed by atoms with Gasteiger partial charge < -0.3 is 40.3 Å². The number of allylic oxidation sites excluding steroid dienone is 2. The minimum atomic E-state index is -1.57. The highest BCUT2D eigenvalue weighted by atomic mass is 16.6. The number of ether oxygens (including phenoxy) is 2. The first-order valence-corrected chi connectivity index (χ1v) is 20.0. The van der Waals surface area contributed by atoms with Crippen LogP contribution in [0.3, 0.4) is 0 Å². The first-order valence-electron chi connectivity index (χ1n) is 20.0. The van der Waals surface area contributed by atoms with Gasteiger partial charge in [-0.15, -0.1) is 0 Å². The van der Waals surface area contributed by atoms with E-state index in [1.54, 1.807) is 30.0 Å². The number of hydrogen-bond donors (Lipinski definition) is 5. The number of aliphatic hydroxyl groups is 1. The molecule has 1 unspecified atom stereocenters. The largest absolute Gasteiger partial charge is 0.508 e. The smallest absolute Gasteiger partial charge is 0.415 e. The summed E-state index contributed by atoms with van der Waals surface area (Å²) in [5, 5.41) is 41.3. The van der Waals surface area contributed by atoms with Gasteiger partial charge in [-0.2, -0.15) is 0 Å². The van der Waals surface area contributed by atoms with Gasteiger partial charge in [0, 0.05) is 91.3 Å². The second-order valence-electron chi connectivity index (χ2n) is 15.8. The zero-order valence-corrected chi connectivity index (χ0v) is 34.4. The molecule has 312 valence electrons. The lowest BCUT2D eigenvalue weighted by Crippen LogP contribution is -2.49. The number of aromatic nitrogens is 1. The molecular weight excluding hydrogens is 765 g/mol. The Balaban J connectivity index is 0.998. The van der Waals surface area contributed by atoms with E-state index < -0.39 is 18.2 Å². The molecule has 14 nitrogen and oxygen atoms in total. The molecule has 0 aliphatic carbocycles. The van der Waals surface area contributed by atoms with Crippen molar-refractivity contribution in [2.24, 2.45) is 5.73 Å². The number of nitrogens with zero attached hydrogens (tertiary/aromatic N) is 4. The Morgan fingerprint density at radius 2 is 1.78 bits per heavy atom. The molecule has 6 N–H and O–H groups in total. The molecule has 3 aliphatic rings. The average molecular weight is 815 g/mol. The van der Waals surface area contributed by atoms with Crippen LogP contribution in [0, 0.1) is 5.41 Å². The van der Waals surface area contributed by atoms with Gasteiger partial charge in [-0.1, -0.05) is 45.0 Å². The van der Waals surface area contributed by atoms with E-state index in [-0.39, 0.29) is 40.9 Å². The molecule has 60 heavy (non-hydrogen) atoms. The summed E-state index contributed by atoms with van der Waals surface area (Å²) in [6.45, 7) is 10.9. The average Bonchev–Trinajstić information content (AvgIpc) is 3.52. The zero-order chi connectivity index (χ0) is 43.0. The molecule has 0 saturated carbocycles. The van der Waals surface area contributed by atoms with E-state index in [0.29, 0.717) is 97.0 Å². The summed E-state index contributed by atoms with van der Waals surface area (Å²) in [5.41, 5.74) is 14.5. The van der Waals surface area contributed by atoms with Crippen LogP contribution in [0.25, 0.3) is 22.2 Å². The van der Waals surface area contributed by atoms with Crippen LogP contribution >= 0.6 is 0 Å². The number of aromatic hydroxyl groups is 2. The van der Waals surface area contributed by atoms with Gasteiger partial charge in [0.25, 0.3) is 0 Å². The van der Waals surface area contributed by atoms with Crippen LogP contribution in [0.2, 0.25) is 0 Å². The molecule has 0 radical (unpaired) electrons. The Bertz CT molecular complexity index is 2490. The molecule has 0 bridgehead atoms. The van der Waals surface area contributed by atoms with Crippen LogP contribution in [0.15, 0.2) is 77.5 Å². The number of rotatable bonds is 10. The third kappa shape index (κ3) is 8.08. The molecule has 4 heterocycles. The van der Waals surface area contributed by atoms with Crippen molar-refractivity contribution >= 4 is 46.2 Å². The number of carbonyl (C=O) groups excluding carboxylic acids is 3. The Labute approximate surface area is 348 Å². The van der Waals surface area contributed by atoms with Crippen molar-refractivity contribution in [2.75, 3.05) is 39.8 Å². The highest BCUT2D eigenvalue weighted by Crippen LogP contribution is 2.39. The second kappa shape index (κ2) is 17.0. The summed E-state index contributed by atoms with van der Waals surface area (Å²) in [6.07, 6.45) is 0.923. The number of aliphatic hydroxyl groups excluding tert-OH is 1. The summed E-state index contributed by atoms with van der Waals surface area (Å²) in [5.74, 6) is -0.606. The van der Waals surface area contributed by atoms with Crippen molar-refractivity contribution in [2.45, 2.75) is 59.2 Å². The molecule has 1 atom stereocenters. The number of aldehydes is 1. The van der Waals surface area contributed by atoms with Gasteiger partial charge in [0.1, 0.15) is 30.1 Å². The third-order valence-electron chi connectivity index (χ3n) is 11.4. The monoisotopic (exact) mass is 814 g/mol. The van der Waals surface area contributed by atoms with E-state index >= 15 is 0 Å². The first-order chi connectivity index (χ1) is 28.7. The van der Waals surface area contributed by atoms with Crippen LogP contribution in [-0.2, 0) is 33.8 Å². The van der Waals surface area contributed by atoms with Crippen molar-refractivity contribution in [3.8, 4) is 17.2 Å². The van der Waals surface area contributed by atoms with Crippen molar-refractivity contribution in [3.05, 3.63) is 117 Å².